The number of allylic oxidation sites excluding steroid dienone is 2. The number of hydrogen-bond donors (Lipinski definition) is 0. The van der Waals surface area contributed by atoms with Gasteiger partial charge in [-0.1, -0.05) is 38.8 Å². The van der Waals surface area contributed by atoms with E-state index < -0.39 is 35.7 Å². The summed E-state index contributed by atoms with van der Waals surface area (Å²) in [7, 11) is 0. The van der Waals surface area contributed by atoms with E-state index >= 15 is 0 Å². The maximum absolute atomic E-state index is 13.9. The quantitative estimate of drug-likeness (QED) is 0.226. The molecule has 8 fully saturated rings. The van der Waals surface area contributed by atoms with E-state index in [4.69, 9.17) is 28.4 Å². The van der Waals surface area contributed by atoms with Crippen molar-refractivity contribution in [2.75, 3.05) is 26.4 Å². The minimum absolute atomic E-state index is 0.0502. The van der Waals surface area contributed by atoms with E-state index in [1.165, 1.54) is 0 Å². The third-order valence-corrected chi connectivity index (χ3v) is 18.1. The predicted molar refractivity (Wildman–Crippen MR) is 193 cm³/mol. The molecular formula is C44H58O10. The van der Waals surface area contributed by atoms with Crippen LogP contribution in [0.1, 0.15) is 118 Å². The van der Waals surface area contributed by atoms with Crippen LogP contribution in [-0.4, -0.2) is 73.7 Å². The number of carbonyl (C=O) groups excluding carboxylic acids is 4. The highest BCUT2D eigenvalue weighted by Gasteiger charge is 2.70. The largest absolute Gasteiger partial charge is 0.454 e. The Morgan fingerprint density at radius 2 is 0.907 bits per heavy atom. The van der Waals surface area contributed by atoms with Gasteiger partial charge in [0.15, 0.2) is 23.1 Å². The van der Waals surface area contributed by atoms with Gasteiger partial charge in [0.25, 0.3) is 0 Å². The van der Waals surface area contributed by atoms with Gasteiger partial charge < -0.3 is 28.4 Å². The second-order valence-electron chi connectivity index (χ2n) is 19.9. The lowest BCUT2D eigenvalue weighted by molar-refractivity contribution is -0.241. The summed E-state index contributed by atoms with van der Waals surface area (Å²) in [6.07, 6.45) is 13.9. The van der Waals surface area contributed by atoms with Gasteiger partial charge in [-0.3, -0.25) is 9.59 Å². The molecule has 2 aliphatic heterocycles. The number of fused-ring (bicyclic) bond motifs is 12. The van der Waals surface area contributed by atoms with Gasteiger partial charge in [-0.05, 0) is 111 Å². The van der Waals surface area contributed by atoms with Crippen LogP contribution in [-0.2, 0) is 47.6 Å². The Morgan fingerprint density at radius 3 is 1.30 bits per heavy atom. The standard InChI is InChI=1S/C44H58O10/c1-39-11-5-27(21-25(39)23-33(45)35-29(39)7-13-41(3)31(35)9-15-43(41)49-17-18-50-43)53-37(47)38(48)54-28-6-12-40(2)26(22-28)24-34(46)36-30(40)8-14-42(4)32(36)10-16-44(42)51-19-20-52-44/h23-24,27-32,35-36H,5-22H2,1-4H3/t27-,28-,29?,30?,31?,32?,35?,36?,39-,40-,41-,42-/m0/s1. The highest BCUT2D eigenvalue weighted by atomic mass is 16.7. The molecule has 10 heteroatoms. The predicted octanol–water partition coefficient (Wildman–Crippen LogP) is 6.58. The monoisotopic (exact) mass is 746 g/mol. The molecule has 6 saturated carbocycles. The first kappa shape index (κ1) is 36.0. The smallest absolute Gasteiger partial charge is 0.417 e. The van der Waals surface area contributed by atoms with Crippen molar-refractivity contribution in [3.05, 3.63) is 23.3 Å². The highest BCUT2D eigenvalue weighted by Crippen LogP contribution is 2.70. The first-order valence-corrected chi connectivity index (χ1v) is 21.2. The number of rotatable bonds is 2. The van der Waals surface area contributed by atoms with Crippen LogP contribution in [0.3, 0.4) is 0 Å². The van der Waals surface area contributed by atoms with E-state index in [9.17, 15) is 19.2 Å². The molecule has 0 bridgehead atoms. The summed E-state index contributed by atoms with van der Waals surface area (Å²) in [5.41, 5.74) is 1.46. The molecule has 2 spiro atoms. The van der Waals surface area contributed by atoms with Gasteiger partial charge in [0.2, 0.25) is 0 Å². The van der Waals surface area contributed by atoms with E-state index in [0.29, 0.717) is 52.1 Å². The summed E-state index contributed by atoms with van der Waals surface area (Å²) in [6.45, 7) is 11.6. The van der Waals surface area contributed by atoms with Gasteiger partial charge in [-0.25, -0.2) is 9.59 Å². The van der Waals surface area contributed by atoms with Crippen LogP contribution in [0.25, 0.3) is 0 Å². The Morgan fingerprint density at radius 1 is 0.537 bits per heavy atom. The first-order chi connectivity index (χ1) is 25.8. The molecule has 12 atom stereocenters. The van der Waals surface area contributed by atoms with Crippen molar-refractivity contribution in [2.45, 2.75) is 141 Å². The molecule has 2 heterocycles. The highest BCUT2D eigenvalue weighted by molar-refractivity contribution is 6.29. The van der Waals surface area contributed by atoms with Crippen LogP contribution in [0.2, 0.25) is 0 Å². The molecule has 0 aromatic heterocycles. The van der Waals surface area contributed by atoms with Gasteiger partial charge in [0.05, 0.1) is 26.4 Å². The van der Waals surface area contributed by atoms with Crippen LogP contribution in [0.4, 0.5) is 0 Å². The van der Waals surface area contributed by atoms with E-state index in [1.54, 1.807) is 0 Å². The Balaban J connectivity index is 0.779. The number of esters is 2. The van der Waals surface area contributed by atoms with E-state index in [2.05, 4.69) is 27.7 Å². The van der Waals surface area contributed by atoms with Crippen molar-refractivity contribution in [1.29, 1.82) is 0 Å². The summed E-state index contributed by atoms with van der Waals surface area (Å²) < 4.78 is 36.7. The van der Waals surface area contributed by atoms with Gasteiger partial charge in [0, 0.05) is 48.3 Å². The molecule has 6 unspecified atom stereocenters. The van der Waals surface area contributed by atoms with Crippen LogP contribution in [0.15, 0.2) is 23.3 Å². The third kappa shape index (κ3) is 4.72. The van der Waals surface area contributed by atoms with E-state index in [0.717, 1.165) is 75.4 Å². The zero-order chi connectivity index (χ0) is 37.5. The molecule has 0 amide bonds. The molecule has 0 radical (unpaired) electrons. The average molecular weight is 747 g/mol. The summed E-state index contributed by atoms with van der Waals surface area (Å²) in [6, 6.07) is 0. The molecule has 10 rings (SSSR count). The van der Waals surface area contributed by atoms with Crippen molar-refractivity contribution >= 4 is 23.5 Å². The number of ketones is 2. The molecule has 10 aliphatic rings. The van der Waals surface area contributed by atoms with Gasteiger partial charge in [-0.2, -0.15) is 0 Å². The number of carbonyl (C=O) groups is 4. The van der Waals surface area contributed by atoms with Crippen LogP contribution in [0.5, 0.6) is 0 Å². The van der Waals surface area contributed by atoms with Crippen LogP contribution in [0, 0.1) is 57.2 Å². The van der Waals surface area contributed by atoms with E-state index in [-0.39, 0.29) is 68.7 Å². The lowest BCUT2D eigenvalue weighted by Gasteiger charge is -2.58. The molecule has 0 aromatic carbocycles. The van der Waals surface area contributed by atoms with E-state index in [1.807, 2.05) is 12.2 Å². The lowest BCUT2D eigenvalue weighted by Crippen LogP contribution is -2.57. The number of hydrogen-bond acceptors (Lipinski definition) is 10. The van der Waals surface area contributed by atoms with Crippen molar-refractivity contribution < 1.29 is 47.6 Å². The van der Waals surface area contributed by atoms with Gasteiger partial charge >= 0.3 is 11.9 Å². The second kappa shape index (κ2) is 12.1. The Hall–Kier alpha value is -2.40. The fraction of sp³-hybridized carbons (Fsp3) is 0.818. The zero-order valence-electron chi connectivity index (χ0n) is 32.6. The summed E-state index contributed by atoms with van der Waals surface area (Å²) in [5.74, 6) is -1.87. The fourth-order valence-electron chi connectivity index (χ4n) is 15.1. The van der Waals surface area contributed by atoms with Crippen LogP contribution < -0.4 is 0 Å². The molecule has 8 aliphatic carbocycles. The Kier molecular flexibility index (Phi) is 8.03. The summed E-state index contributed by atoms with van der Waals surface area (Å²) in [5, 5.41) is 0. The SMILES string of the molecule is C[C@]12CC[C@H](OC(=O)C(=O)O[C@H]3CC[C@@]4(C)C(=CC(=O)C5C4CC[C@@]4(C)C5CCC45OCCO5)C3)CC1=CC(=O)C1C2CC[C@@]2(C)C1CCC21OCCO1. The zero-order valence-corrected chi connectivity index (χ0v) is 32.6. The normalized spacial score (nSPS) is 48.1. The average Bonchev–Trinajstić information content (AvgIpc) is 3.94. The summed E-state index contributed by atoms with van der Waals surface area (Å²) >= 11 is 0. The molecule has 2 saturated heterocycles. The molecule has 294 valence electrons. The minimum atomic E-state index is -0.967. The Bertz CT molecular complexity index is 1590. The van der Waals surface area contributed by atoms with Crippen molar-refractivity contribution in [1.82, 2.24) is 0 Å². The second-order valence-corrected chi connectivity index (χ2v) is 19.9. The first-order valence-electron chi connectivity index (χ1n) is 21.2. The minimum Gasteiger partial charge on any atom is -0.454 e. The maximum atomic E-state index is 13.9. The topological polar surface area (TPSA) is 124 Å². The van der Waals surface area contributed by atoms with Crippen molar-refractivity contribution in [3.8, 4) is 0 Å². The maximum Gasteiger partial charge on any atom is 0.417 e. The molecule has 0 N–H and O–H groups in total. The van der Waals surface area contributed by atoms with Gasteiger partial charge in [0.1, 0.15) is 12.2 Å². The van der Waals surface area contributed by atoms with Crippen molar-refractivity contribution in [3.63, 3.8) is 0 Å². The van der Waals surface area contributed by atoms with Gasteiger partial charge in [-0.15, -0.1) is 0 Å². The lowest BCUT2D eigenvalue weighted by atomic mass is 9.47. The van der Waals surface area contributed by atoms with Crippen molar-refractivity contribution in [2.24, 2.45) is 57.2 Å². The summed E-state index contributed by atoms with van der Waals surface area (Å²) in [4.78, 5) is 54.3. The molecule has 54 heavy (non-hydrogen) atoms. The Labute approximate surface area is 318 Å². The fourth-order valence-corrected chi connectivity index (χ4v) is 15.1. The van der Waals surface area contributed by atoms with Crippen LogP contribution >= 0.6 is 0 Å². The molecule has 0 aromatic rings. The molecule has 10 nitrogen and oxygen atoms in total. The molecular weight excluding hydrogens is 688 g/mol. The number of ether oxygens (including phenoxy) is 6. The third-order valence-electron chi connectivity index (χ3n) is 18.1.